The van der Waals surface area contributed by atoms with Gasteiger partial charge >= 0.3 is 6.09 Å². The van der Waals surface area contributed by atoms with Gasteiger partial charge in [0.2, 0.25) is 0 Å². The number of alkyl carbamates (subject to hydrolysis) is 1. The van der Waals surface area contributed by atoms with Crippen LogP contribution in [0.1, 0.15) is 44.1 Å². The van der Waals surface area contributed by atoms with Gasteiger partial charge < -0.3 is 10.1 Å². The van der Waals surface area contributed by atoms with Crippen LogP contribution in [0.2, 0.25) is 0 Å². The third kappa shape index (κ3) is 5.47. The molecule has 0 aromatic carbocycles. The zero-order chi connectivity index (χ0) is 14.5. The predicted molar refractivity (Wildman–Crippen MR) is 73.8 cm³/mol. The highest BCUT2D eigenvalue weighted by Crippen LogP contribution is 2.07. The van der Waals surface area contributed by atoms with E-state index in [2.05, 4.69) is 27.4 Å². The summed E-state index contributed by atoms with van der Waals surface area (Å²) >= 11 is 0. The molecule has 2 N–H and O–H groups in total. The molecular formula is C14H21N3O2. The average Bonchev–Trinajstić information content (AvgIpc) is 2.57. The number of aromatic nitrogens is 2. The van der Waals surface area contributed by atoms with Crippen molar-refractivity contribution in [1.29, 1.82) is 0 Å². The van der Waals surface area contributed by atoms with Gasteiger partial charge in [-0.05, 0) is 34.6 Å². The van der Waals surface area contributed by atoms with Gasteiger partial charge in [0.25, 0.3) is 0 Å². The van der Waals surface area contributed by atoms with Crippen LogP contribution in [-0.4, -0.2) is 28.4 Å². The zero-order valence-corrected chi connectivity index (χ0v) is 12.2. The van der Waals surface area contributed by atoms with Gasteiger partial charge in [0.05, 0.1) is 11.3 Å². The van der Waals surface area contributed by atoms with E-state index >= 15 is 0 Å². The van der Waals surface area contributed by atoms with Crippen molar-refractivity contribution >= 4 is 6.09 Å². The second kappa shape index (κ2) is 6.28. The normalized spacial score (nSPS) is 10.6. The molecule has 0 spiro atoms. The Morgan fingerprint density at radius 1 is 1.42 bits per heavy atom. The summed E-state index contributed by atoms with van der Waals surface area (Å²) in [5.74, 6) is 6.05. The first-order chi connectivity index (χ1) is 8.79. The van der Waals surface area contributed by atoms with Gasteiger partial charge in [-0.1, -0.05) is 11.8 Å². The summed E-state index contributed by atoms with van der Waals surface area (Å²) < 4.78 is 5.12. The lowest BCUT2D eigenvalue weighted by molar-refractivity contribution is 0.0529. The lowest BCUT2D eigenvalue weighted by atomic mass is 10.2. The minimum atomic E-state index is -0.471. The maximum Gasteiger partial charge on any atom is 0.407 e. The van der Waals surface area contributed by atoms with Gasteiger partial charge in [0, 0.05) is 18.7 Å². The van der Waals surface area contributed by atoms with Gasteiger partial charge in [0.15, 0.2) is 0 Å². The van der Waals surface area contributed by atoms with Crippen LogP contribution in [-0.2, 0) is 4.74 Å². The topological polar surface area (TPSA) is 67.0 Å². The van der Waals surface area contributed by atoms with E-state index in [0.29, 0.717) is 13.0 Å². The molecule has 1 aromatic heterocycles. The molecule has 1 aromatic rings. The van der Waals surface area contributed by atoms with Crippen molar-refractivity contribution in [2.24, 2.45) is 0 Å². The Morgan fingerprint density at radius 2 is 2.11 bits per heavy atom. The number of aromatic amines is 1. The molecule has 0 radical (unpaired) electrons. The third-order valence-corrected chi connectivity index (χ3v) is 2.26. The summed E-state index contributed by atoms with van der Waals surface area (Å²) in [5.41, 5.74) is 2.31. The molecule has 0 atom stereocenters. The second-order valence-corrected chi connectivity index (χ2v) is 5.29. The van der Waals surface area contributed by atoms with Crippen LogP contribution < -0.4 is 5.32 Å². The van der Waals surface area contributed by atoms with E-state index in [0.717, 1.165) is 17.0 Å². The van der Waals surface area contributed by atoms with Crippen molar-refractivity contribution < 1.29 is 9.53 Å². The predicted octanol–water partition coefficient (Wildman–Crippen LogP) is 2.29. The summed E-state index contributed by atoms with van der Waals surface area (Å²) in [7, 11) is 0. The fraction of sp³-hybridized carbons (Fsp3) is 0.571. The number of nitrogens with zero attached hydrogens (tertiary/aromatic N) is 1. The number of hydrogen-bond acceptors (Lipinski definition) is 3. The first-order valence-electron chi connectivity index (χ1n) is 6.27. The number of rotatable bonds is 2. The van der Waals surface area contributed by atoms with Gasteiger partial charge in [-0.25, -0.2) is 4.79 Å². The number of aryl methyl sites for hydroxylation is 2. The molecule has 0 aliphatic carbocycles. The monoisotopic (exact) mass is 263 g/mol. The maximum absolute atomic E-state index is 11.4. The van der Waals surface area contributed by atoms with Gasteiger partial charge in [-0.2, -0.15) is 5.10 Å². The zero-order valence-electron chi connectivity index (χ0n) is 12.2. The van der Waals surface area contributed by atoms with Gasteiger partial charge in [0.1, 0.15) is 5.60 Å². The Labute approximate surface area is 114 Å². The number of amides is 1. The third-order valence-electron chi connectivity index (χ3n) is 2.26. The quantitative estimate of drug-likeness (QED) is 0.635. The number of carbonyl (C=O) groups excluding carboxylic acids is 1. The molecule has 1 rings (SSSR count). The van der Waals surface area contributed by atoms with Gasteiger partial charge in [-0.15, -0.1) is 0 Å². The molecule has 5 nitrogen and oxygen atoms in total. The van der Waals surface area contributed by atoms with E-state index in [9.17, 15) is 4.79 Å². The van der Waals surface area contributed by atoms with Crippen LogP contribution in [0.4, 0.5) is 4.79 Å². The van der Waals surface area contributed by atoms with Gasteiger partial charge in [-0.3, -0.25) is 5.10 Å². The number of carbonyl (C=O) groups is 1. The molecular weight excluding hydrogens is 242 g/mol. The van der Waals surface area contributed by atoms with Crippen LogP contribution in [0, 0.1) is 25.7 Å². The molecule has 19 heavy (non-hydrogen) atoms. The molecule has 0 unspecified atom stereocenters. The molecule has 1 heterocycles. The Bertz CT molecular complexity index is 481. The number of hydrogen-bond donors (Lipinski definition) is 2. The summed E-state index contributed by atoms with van der Waals surface area (Å²) in [5, 5.41) is 9.61. The standard InChI is InChI=1S/C14H21N3O2/c1-10-12(11(2)17-16-10)8-6-7-9-15-13(18)19-14(3,4)5/h7,9H2,1-5H3,(H,15,18)(H,16,17). The maximum atomic E-state index is 11.4. The SMILES string of the molecule is Cc1n[nH]c(C)c1C#CCCNC(=O)OC(C)(C)C. The summed E-state index contributed by atoms with van der Waals surface area (Å²) in [4.78, 5) is 11.4. The number of H-pyrrole nitrogens is 1. The van der Waals surface area contributed by atoms with E-state index in [-0.39, 0.29) is 0 Å². The molecule has 104 valence electrons. The van der Waals surface area contributed by atoms with Crippen molar-refractivity contribution in [3.05, 3.63) is 17.0 Å². The van der Waals surface area contributed by atoms with Crippen LogP contribution in [0.5, 0.6) is 0 Å². The molecule has 0 saturated carbocycles. The largest absolute Gasteiger partial charge is 0.444 e. The highest BCUT2D eigenvalue weighted by Gasteiger charge is 2.15. The Kier molecular flexibility index (Phi) is 4.99. The van der Waals surface area contributed by atoms with E-state index in [4.69, 9.17) is 4.74 Å². The van der Waals surface area contributed by atoms with Crippen LogP contribution in [0.3, 0.4) is 0 Å². The molecule has 0 fully saturated rings. The number of ether oxygens (including phenoxy) is 1. The molecule has 0 bridgehead atoms. The minimum absolute atomic E-state index is 0.412. The highest BCUT2D eigenvalue weighted by molar-refractivity contribution is 5.67. The molecule has 0 aliphatic rings. The van der Waals surface area contributed by atoms with Crippen molar-refractivity contribution in [3.8, 4) is 11.8 Å². The van der Waals surface area contributed by atoms with Crippen molar-refractivity contribution in [2.75, 3.05) is 6.54 Å². The van der Waals surface area contributed by atoms with E-state index in [1.807, 2.05) is 34.6 Å². The van der Waals surface area contributed by atoms with E-state index < -0.39 is 11.7 Å². The van der Waals surface area contributed by atoms with Crippen molar-refractivity contribution in [3.63, 3.8) is 0 Å². The van der Waals surface area contributed by atoms with Crippen molar-refractivity contribution in [1.82, 2.24) is 15.5 Å². The lowest BCUT2D eigenvalue weighted by Crippen LogP contribution is -2.32. The van der Waals surface area contributed by atoms with Crippen LogP contribution in [0.15, 0.2) is 0 Å². The Balaban J connectivity index is 2.35. The Hall–Kier alpha value is -1.96. The minimum Gasteiger partial charge on any atom is -0.444 e. The molecule has 0 saturated heterocycles. The molecule has 0 aliphatic heterocycles. The first-order valence-corrected chi connectivity index (χ1v) is 6.27. The Morgan fingerprint density at radius 3 is 2.63 bits per heavy atom. The summed E-state index contributed by atoms with van der Waals surface area (Å²) in [6.45, 7) is 9.80. The van der Waals surface area contributed by atoms with Crippen LogP contribution >= 0.6 is 0 Å². The first kappa shape index (κ1) is 15.1. The summed E-state index contributed by atoms with van der Waals surface area (Å²) in [6.07, 6.45) is 0.161. The van der Waals surface area contributed by atoms with Crippen molar-refractivity contribution in [2.45, 2.75) is 46.6 Å². The fourth-order valence-electron chi connectivity index (χ4n) is 1.43. The highest BCUT2D eigenvalue weighted by atomic mass is 16.6. The van der Waals surface area contributed by atoms with E-state index in [1.54, 1.807) is 0 Å². The summed E-state index contributed by atoms with van der Waals surface area (Å²) in [6, 6.07) is 0. The molecule has 5 heteroatoms. The van der Waals surface area contributed by atoms with E-state index in [1.165, 1.54) is 0 Å². The number of nitrogens with one attached hydrogen (secondary N) is 2. The average molecular weight is 263 g/mol. The molecule has 1 amide bonds. The fourth-order valence-corrected chi connectivity index (χ4v) is 1.43. The smallest absolute Gasteiger partial charge is 0.407 e. The second-order valence-electron chi connectivity index (χ2n) is 5.29. The van der Waals surface area contributed by atoms with Crippen LogP contribution in [0.25, 0.3) is 0 Å². The lowest BCUT2D eigenvalue weighted by Gasteiger charge is -2.19.